The highest BCUT2D eigenvalue weighted by molar-refractivity contribution is 6.30. The molecule has 0 bridgehead atoms. The van der Waals surface area contributed by atoms with Gasteiger partial charge in [0.2, 0.25) is 0 Å². The van der Waals surface area contributed by atoms with Gasteiger partial charge in [0.1, 0.15) is 12.4 Å². The molecule has 2 rings (SSSR count). The van der Waals surface area contributed by atoms with Crippen LogP contribution in [0.15, 0.2) is 48.5 Å². The third kappa shape index (κ3) is 7.74. The quantitative estimate of drug-likeness (QED) is 0.590. The van der Waals surface area contributed by atoms with Gasteiger partial charge < -0.3 is 10.1 Å². The Hall–Kier alpha value is -1.22. The van der Waals surface area contributed by atoms with Crippen LogP contribution in [0.3, 0.4) is 0 Å². The second kappa shape index (κ2) is 11.3. The van der Waals surface area contributed by atoms with Gasteiger partial charge in [-0.2, -0.15) is 0 Å². The SMILES string of the molecule is CCCCCNCc1ccc(OCc2ccc(Cl)cc2)cc1.Cl. The van der Waals surface area contributed by atoms with Crippen LogP contribution in [0.2, 0.25) is 5.02 Å². The van der Waals surface area contributed by atoms with E-state index in [1.54, 1.807) is 0 Å². The van der Waals surface area contributed by atoms with Crippen molar-refractivity contribution in [3.63, 3.8) is 0 Å². The van der Waals surface area contributed by atoms with Crippen LogP contribution in [0.5, 0.6) is 5.75 Å². The van der Waals surface area contributed by atoms with Crippen LogP contribution < -0.4 is 10.1 Å². The normalized spacial score (nSPS) is 10.2. The molecule has 0 amide bonds. The molecule has 0 radical (unpaired) electrons. The Morgan fingerprint density at radius 3 is 2.22 bits per heavy atom. The standard InChI is InChI=1S/C19H24ClNO.ClH/c1-2-3-4-13-21-14-16-7-11-19(12-8-16)22-15-17-5-9-18(20)10-6-17;/h5-12,21H,2-4,13-15H2,1H3;1H. The van der Waals surface area contributed by atoms with Crippen molar-refractivity contribution in [1.29, 1.82) is 0 Å². The molecular weight excluding hydrogens is 329 g/mol. The number of unbranched alkanes of at least 4 members (excludes halogenated alkanes) is 2. The molecule has 2 nitrogen and oxygen atoms in total. The third-order valence-electron chi connectivity index (χ3n) is 3.53. The smallest absolute Gasteiger partial charge is 0.119 e. The van der Waals surface area contributed by atoms with Crippen molar-refractivity contribution in [2.75, 3.05) is 6.54 Å². The third-order valence-corrected chi connectivity index (χ3v) is 3.78. The molecule has 126 valence electrons. The molecule has 0 fully saturated rings. The monoisotopic (exact) mass is 353 g/mol. The fourth-order valence-corrected chi connectivity index (χ4v) is 2.31. The Morgan fingerprint density at radius 2 is 1.57 bits per heavy atom. The Balaban J connectivity index is 0.00000264. The summed E-state index contributed by atoms with van der Waals surface area (Å²) in [6.07, 6.45) is 3.81. The summed E-state index contributed by atoms with van der Waals surface area (Å²) in [6.45, 7) is 4.79. The Morgan fingerprint density at radius 1 is 0.913 bits per heavy atom. The number of nitrogens with one attached hydrogen (secondary N) is 1. The first-order valence-electron chi connectivity index (χ1n) is 7.95. The molecule has 0 spiro atoms. The van der Waals surface area contributed by atoms with Crippen molar-refractivity contribution < 1.29 is 4.74 Å². The van der Waals surface area contributed by atoms with Gasteiger partial charge in [0.05, 0.1) is 0 Å². The number of halogens is 2. The highest BCUT2D eigenvalue weighted by Crippen LogP contribution is 2.15. The maximum absolute atomic E-state index is 5.87. The van der Waals surface area contributed by atoms with Gasteiger partial charge >= 0.3 is 0 Å². The van der Waals surface area contributed by atoms with Gasteiger partial charge in [0.15, 0.2) is 0 Å². The molecule has 0 saturated carbocycles. The summed E-state index contributed by atoms with van der Waals surface area (Å²) < 4.78 is 5.78. The van der Waals surface area contributed by atoms with E-state index in [9.17, 15) is 0 Å². The molecule has 0 aliphatic carbocycles. The molecule has 1 N–H and O–H groups in total. The first kappa shape index (κ1) is 19.8. The van der Waals surface area contributed by atoms with Crippen LogP contribution in [0, 0.1) is 0 Å². The second-order valence-electron chi connectivity index (χ2n) is 5.44. The van der Waals surface area contributed by atoms with Gasteiger partial charge in [0.25, 0.3) is 0 Å². The lowest BCUT2D eigenvalue weighted by Gasteiger charge is -2.08. The molecule has 0 aliphatic rings. The van der Waals surface area contributed by atoms with Crippen molar-refractivity contribution >= 4 is 24.0 Å². The molecule has 0 aliphatic heterocycles. The molecule has 0 unspecified atom stereocenters. The summed E-state index contributed by atoms with van der Waals surface area (Å²) in [4.78, 5) is 0. The van der Waals surface area contributed by atoms with E-state index in [1.807, 2.05) is 36.4 Å². The van der Waals surface area contributed by atoms with E-state index >= 15 is 0 Å². The molecular formula is C19H25Cl2NO. The minimum Gasteiger partial charge on any atom is -0.489 e. The number of ether oxygens (including phenoxy) is 1. The Labute approximate surface area is 150 Å². The topological polar surface area (TPSA) is 21.3 Å². The summed E-state index contributed by atoms with van der Waals surface area (Å²) in [5.74, 6) is 0.893. The molecule has 0 atom stereocenters. The zero-order valence-corrected chi connectivity index (χ0v) is 15.1. The number of hydrogen-bond donors (Lipinski definition) is 1. The van der Waals surface area contributed by atoms with Gasteiger partial charge in [-0.25, -0.2) is 0 Å². The summed E-state index contributed by atoms with van der Waals surface area (Å²) in [5.41, 5.74) is 2.40. The summed E-state index contributed by atoms with van der Waals surface area (Å²) >= 11 is 5.87. The van der Waals surface area contributed by atoms with Gasteiger partial charge in [0, 0.05) is 11.6 Å². The minimum absolute atomic E-state index is 0. The van der Waals surface area contributed by atoms with Crippen molar-refractivity contribution in [3.05, 3.63) is 64.7 Å². The van der Waals surface area contributed by atoms with Crippen LogP contribution in [0.4, 0.5) is 0 Å². The molecule has 0 aromatic heterocycles. The molecule has 4 heteroatoms. The van der Waals surface area contributed by atoms with Crippen LogP contribution in [-0.2, 0) is 13.2 Å². The molecule has 23 heavy (non-hydrogen) atoms. The number of hydrogen-bond acceptors (Lipinski definition) is 2. The van der Waals surface area contributed by atoms with Gasteiger partial charge in [-0.15, -0.1) is 12.4 Å². The zero-order chi connectivity index (χ0) is 15.6. The van der Waals surface area contributed by atoms with Crippen molar-refractivity contribution in [3.8, 4) is 5.75 Å². The first-order valence-corrected chi connectivity index (χ1v) is 8.32. The number of rotatable bonds is 9. The van der Waals surface area contributed by atoms with E-state index in [0.29, 0.717) is 6.61 Å². The largest absolute Gasteiger partial charge is 0.489 e. The van der Waals surface area contributed by atoms with Crippen molar-refractivity contribution in [1.82, 2.24) is 5.32 Å². The van der Waals surface area contributed by atoms with Crippen molar-refractivity contribution in [2.24, 2.45) is 0 Å². The van der Waals surface area contributed by atoms with E-state index in [1.165, 1.54) is 24.8 Å². The van der Waals surface area contributed by atoms with Crippen LogP contribution >= 0.6 is 24.0 Å². The number of benzene rings is 2. The lowest BCUT2D eigenvalue weighted by Crippen LogP contribution is -2.14. The average molecular weight is 354 g/mol. The maximum atomic E-state index is 5.87. The molecule has 2 aromatic carbocycles. The molecule has 0 saturated heterocycles. The maximum Gasteiger partial charge on any atom is 0.119 e. The van der Waals surface area contributed by atoms with E-state index in [-0.39, 0.29) is 12.4 Å². The van der Waals surface area contributed by atoms with Crippen LogP contribution in [0.25, 0.3) is 0 Å². The second-order valence-corrected chi connectivity index (χ2v) is 5.88. The summed E-state index contributed by atoms with van der Waals surface area (Å²) in [5, 5.41) is 4.22. The van der Waals surface area contributed by atoms with E-state index in [4.69, 9.17) is 16.3 Å². The highest BCUT2D eigenvalue weighted by Gasteiger charge is 1.98. The predicted octanol–water partition coefficient (Wildman–Crippen LogP) is 5.62. The van der Waals surface area contributed by atoms with Crippen LogP contribution in [-0.4, -0.2) is 6.54 Å². The first-order chi connectivity index (χ1) is 10.8. The zero-order valence-electron chi connectivity index (χ0n) is 13.6. The summed E-state index contributed by atoms with van der Waals surface area (Å²) in [7, 11) is 0. The molecule has 0 heterocycles. The van der Waals surface area contributed by atoms with E-state index < -0.39 is 0 Å². The Bertz CT molecular complexity index is 540. The minimum atomic E-state index is 0. The lowest BCUT2D eigenvalue weighted by atomic mass is 10.2. The van der Waals surface area contributed by atoms with E-state index in [0.717, 1.165) is 29.4 Å². The Kier molecular flexibility index (Phi) is 9.77. The van der Waals surface area contributed by atoms with Gasteiger partial charge in [-0.3, -0.25) is 0 Å². The fraction of sp³-hybridized carbons (Fsp3) is 0.368. The van der Waals surface area contributed by atoms with E-state index in [2.05, 4.69) is 24.4 Å². The van der Waals surface area contributed by atoms with Crippen LogP contribution in [0.1, 0.15) is 37.3 Å². The van der Waals surface area contributed by atoms with Gasteiger partial charge in [-0.1, -0.05) is 55.6 Å². The van der Waals surface area contributed by atoms with Crippen molar-refractivity contribution in [2.45, 2.75) is 39.3 Å². The lowest BCUT2D eigenvalue weighted by molar-refractivity contribution is 0.306. The molecule has 2 aromatic rings. The van der Waals surface area contributed by atoms with Gasteiger partial charge in [-0.05, 0) is 48.4 Å². The predicted molar refractivity (Wildman–Crippen MR) is 101 cm³/mol. The average Bonchev–Trinajstić information content (AvgIpc) is 2.55. The summed E-state index contributed by atoms with van der Waals surface area (Å²) in [6, 6.07) is 16.0. The highest BCUT2D eigenvalue weighted by atomic mass is 35.5. The fourth-order valence-electron chi connectivity index (χ4n) is 2.18.